The summed E-state index contributed by atoms with van der Waals surface area (Å²) in [5.41, 5.74) is 9.16. The largest absolute Gasteiger partial charge is 0.383 e. The third kappa shape index (κ3) is 1.67. The fourth-order valence-electron chi connectivity index (χ4n) is 2.04. The molecule has 0 aliphatic rings. The number of para-hydroxylation sites is 1. The fourth-order valence-corrected chi connectivity index (χ4v) is 3.03. The number of rotatable bonds is 2. The van der Waals surface area contributed by atoms with Gasteiger partial charge in [-0.25, -0.2) is 4.98 Å². The molecule has 0 bridgehead atoms. The lowest BCUT2D eigenvalue weighted by atomic mass is 10.1. The van der Waals surface area contributed by atoms with Crippen LogP contribution in [0, 0.1) is 6.92 Å². The van der Waals surface area contributed by atoms with Crippen LogP contribution in [0.2, 0.25) is 0 Å². The molecule has 18 heavy (non-hydrogen) atoms. The molecule has 2 N–H and O–H groups in total. The number of nitrogen functional groups attached to an aromatic ring is 1. The molecule has 5 heteroatoms. The summed E-state index contributed by atoms with van der Waals surface area (Å²) in [6, 6.07) is 8.12. The molecule has 0 atom stereocenters. The van der Waals surface area contributed by atoms with Crippen LogP contribution >= 0.6 is 11.3 Å². The molecule has 0 aliphatic carbocycles. The van der Waals surface area contributed by atoms with Crippen molar-refractivity contribution >= 4 is 27.4 Å². The Morgan fingerprint density at radius 2 is 2.22 bits per heavy atom. The van der Waals surface area contributed by atoms with E-state index in [9.17, 15) is 0 Å². The van der Waals surface area contributed by atoms with Gasteiger partial charge in [0.1, 0.15) is 5.82 Å². The van der Waals surface area contributed by atoms with Gasteiger partial charge in [0, 0.05) is 6.07 Å². The van der Waals surface area contributed by atoms with Gasteiger partial charge in [-0.3, -0.25) is 0 Å². The number of aromatic nitrogens is 3. The molecule has 0 amide bonds. The van der Waals surface area contributed by atoms with Gasteiger partial charge < -0.3 is 5.73 Å². The highest BCUT2D eigenvalue weighted by Gasteiger charge is 2.11. The van der Waals surface area contributed by atoms with Crippen molar-refractivity contribution in [3.8, 4) is 5.13 Å². The van der Waals surface area contributed by atoms with Gasteiger partial charge in [0.2, 0.25) is 5.13 Å². The predicted molar refractivity (Wildman–Crippen MR) is 75.3 cm³/mol. The second-order valence-electron chi connectivity index (χ2n) is 4.24. The van der Waals surface area contributed by atoms with E-state index >= 15 is 0 Å². The minimum Gasteiger partial charge on any atom is -0.383 e. The average molecular weight is 258 g/mol. The van der Waals surface area contributed by atoms with Gasteiger partial charge in [-0.15, -0.1) is 0 Å². The molecular weight excluding hydrogens is 244 g/mol. The van der Waals surface area contributed by atoms with Crippen molar-refractivity contribution in [2.75, 3.05) is 5.73 Å². The molecule has 0 saturated heterocycles. The van der Waals surface area contributed by atoms with Crippen LogP contribution in [0.5, 0.6) is 0 Å². The lowest BCUT2D eigenvalue weighted by Gasteiger charge is -1.97. The second-order valence-corrected chi connectivity index (χ2v) is 5.25. The van der Waals surface area contributed by atoms with Gasteiger partial charge in [-0.1, -0.05) is 30.4 Å². The van der Waals surface area contributed by atoms with E-state index in [-0.39, 0.29) is 0 Å². The van der Waals surface area contributed by atoms with Crippen LogP contribution < -0.4 is 5.73 Å². The van der Waals surface area contributed by atoms with E-state index in [1.807, 2.05) is 13.0 Å². The molecule has 3 rings (SSSR count). The lowest BCUT2D eigenvalue weighted by Crippen LogP contribution is -2.00. The topological polar surface area (TPSA) is 56.7 Å². The van der Waals surface area contributed by atoms with Gasteiger partial charge in [0.25, 0.3) is 0 Å². The van der Waals surface area contributed by atoms with Gasteiger partial charge >= 0.3 is 0 Å². The van der Waals surface area contributed by atoms with Gasteiger partial charge in [0.05, 0.1) is 15.9 Å². The summed E-state index contributed by atoms with van der Waals surface area (Å²) in [6.45, 7) is 4.07. The summed E-state index contributed by atoms with van der Waals surface area (Å²) in [5, 5.41) is 5.20. The summed E-state index contributed by atoms with van der Waals surface area (Å²) < 4.78 is 2.89. The molecule has 3 aromatic rings. The minimum atomic E-state index is 0.629. The van der Waals surface area contributed by atoms with Crippen LogP contribution in [0.4, 0.5) is 5.82 Å². The molecule has 0 saturated carbocycles. The first-order valence-electron chi connectivity index (χ1n) is 5.90. The number of nitrogens with two attached hydrogens (primary N) is 1. The molecule has 92 valence electrons. The SMILES string of the molecule is CCc1cccc2sc(-n3nc(C)cc3N)nc12. The standard InChI is InChI=1S/C13H14N4S/c1-3-9-5-4-6-10-12(9)15-13(18-10)17-11(14)7-8(2)16-17/h4-7H,3,14H2,1-2H3. The van der Waals surface area contributed by atoms with Crippen molar-refractivity contribution in [2.45, 2.75) is 20.3 Å². The monoisotopic (exact) mass is 258 g/mol. The third-order valence-corrected chi connectivity index (χ3v) is 3.91. The van der Waals surface area contributed by atoms with E-state index < -0.39 is 0 Å². The Morgan fingerprint density at radius 1 is 1.39 bits per heavy atom. The highest BCUT2D eigenvalue weighted by Crippen LogP contribution is 2.28. The second kappa shape index (κ2) is 4.10. The summed E-state index contributed by atoms with van der Waals surface area (Å²) in [4.78, 5) is 4.67. The molecule has 2 aromatic heterocycles. The predicted octanol–water partition coefficient (Wildman–Crippen LogP) is 2.94. The molecule has 0 unspecified atom stereocenters. The zero-order chi connectivity index (χ0) is 12.7. The number of nitrogens with zero attached hydrogens (tertiary/aromatic N) is 3. The number of hydrogen-bond donors (Lipinski definition) is 1. The van der Waals surface area contributed by atoms with Crippen molar-refractivity contribution in [3.05, 3.63) is 35.5 Å². The Kier molecular flexibility index (Phi) is 2.56. The van der Waals surface area contributed by atoms with Crippen molar-refractivity contribution in [2.24, 2.45) is 0 Å². The maximum absolute atomic E-state index is 5.93. The number of anilines is 1. The van der Waals surface area contributed by atoms with E-state index in [1.54, 1.807) is 16.0 Å². The van der Waals surface area contributed by atoms with Crippen molar-refractivity contribution in [3.63, 3.8) is 0 Å². The summed E-state index contributed by atoms with van der Waals surface area (Å²) in [6.07, 6.45) is 0.980. The van der Waals surface area contributed by atoms with E-state index in [2.05, 4.69) is 35.2 Å². The third-order valence-electron chi connectivity index (χ3n) is 2.91. The van der Waals surface area contributed by atoms with Crippen LogP contribution in [0.1, 0.15) is 18.2 Å². The first-order chi connectivity index (χ1) is 8.69. The molecule has 0 aliphatic heterocycles. The van der Waals surface area contributed by atoms with Crippen molar-refractivity contribution < 1.29 is 0 Å². The normalized spacial score (nSPS) is 11.2. The zero-order valence-corrected chi connectivity index (χ0v) is 11.2. The number of thiazole rings is 1. The fraction of sp³-hybridized carbons (Fsp3) is 0.231. The van der Waals surface area contributed by atoms with E-state index in [0.717, 1.165) is 22.8 Å². The first-order valence-corrected chi connectivity index (χ1v) is 6.71. The Labute approximate surface area is 109 Å². The van der Waals surface area contributed by atoms with Crippen LogP contribution in [0.25, 0.3) is 15.3 Å². The molecule has 0 spiro atoms. The van der Waals surface area contributed by atoms with Gasteiger partial charge in [-0.2, -0.15) is 9.78 Å². The van der Waals surface area contributed by atoms with Crippen LogP contribution in [0.15, 0.2) is 24.3 Å². The minimum absolute atomic E-state index is 0.629. The Hall–Kier alpha value is -1.88. The zero-order valence-electron chi connectivity index (χ0n) is 10.3. The Morgan fingerprint density at radius 3 is 2.89 bits per heavy atom. The highest BCUT2D eigenvalue weighted by molar-refractivity contribution is 7.20. The molecule has 0 fully saturated rings. The highest BCUT2D eigenvalue weighted by atomic mass is 32.1. The first kappa shape index (κ1) is 11.2. The molecule has 2 heterocycles. The number of aryl methyl sites for hydroxylation is 2. The number of fused-ring (bicyclic) bond motifs is 1. The van der Waals surface area contributed by atoms with Gasteiger partial charge in [0.15, 0.2) is 0 Å². The van der Waals surface area contributed by atoms with Crippen molar-refractivity contribution in [1.82, 2.24) is 14.8 Å². The smallest absolute Gasteiger partial charge is 0.213 e. The van der Waals surface area contributed by atoms with Crippen LogP contribution in [0.3, 0.4) is 0 Å². The van der Waals surface area contributed by atoms with Gasteiger partial charge in [-0.05, 0) is 25.0 Å². The Bertz CT molecular complexity index is 711. The molecule has 1 aromatic carbocycles. The summed E-state index contributed by atoms with van der Waals surface area (Å²) in [5.74, 6) is 0.629. The maximum atomic E-state index is 5.93. The van der Waals surface area contributed by atoms with Crippen LogP contribution in [-0.4, -0.2) is 14.8 Å². The Balaban J connectivity index is 2.22. The lowest BCUT2D eigenvalue weighted by molar-refractivity contribution is 0.864. The molecule has 0 radical (unpaired) electrons. The number of benzene rings is 1. The van der Waals surface area contributed by atoms with E-state index in [4.69, 9.17) is 5.73 Å². The average Bonchev–Trinajstić information content (AvgIpc) is 2.91. The summed E-state index contributed by atoms with van der Waals surface area (Å²) >= 11 is 1.62. The van der Waals surface area contributed by atoms with E-state index in [1.165, 1.54) is 10.3 Å². The van der Waals surface area contributed by atoms with Crippen molar-refractivity contribution in [1.29, 1.82) is 0 Å². The van der Waals surface area contributed by atoms with E-state index in [0.29, 0.717) is 5.82 Å². The van der Waals surface area contributed by atoms with Crippen LogP contribution in [-0.2, 0) is 6.42 Å². The molecular formula is C13H14N4S. The molecule has 4 nitrogen and oxygen atoms in total. The number of hydrogen-bond acceptors (Lipinski definition) is 4. The quantitative estimate of drug-likeness (QED) is 0.769. The summed E-state index contributed by atoms with van der Waals surface area (Å²) in [7, 11) is 0. The maximum Gasteiger partial charge on any atom is 0.213 e.